The molecule has 0 spiro atoms. The Kier molecular flexibility index (Phi) is 3.11. The van der Waals surface area contributed by atoms with E-state index in [1.807, 2.05) is 12.1 Å². The van der Waals surface area contributed by atoms with Gasteiger partial charge in [-0.2, -0.15) is 0 Å². The summed E-state index contributed by atoms with van der Waals surface area (Å²) in [6.45, 7) is 0. The first kappa shape index (κ1) is 12.4. The van der Waals surface area contributed by atoms with E-state index in [2.05, 4.69) is 23.7 Å². The Hall–Kier alpha value is -1.68. The van der Waals surface area contributed by atoms with E-state index in [-0.39, 0.29) is 11.4 Å². The van der Waals surface area contributed by atoms with Crippen LogP contribution < -0.4 is 5.32 Å². The van der Waals surface area contributed by atoms with E-state index in [1.165, 1.54) is 16.7 Å². The summed E-state index contributed by atoms with van der Waals surface area (Å²) in [6.07, 6.45) is 5.54. The highest BCUT2D eigenvalue weighted by Crippen LogP contribution is 2.48. The number of furan rings is 1. The van der Waals surface area contributed by atoms with Crippen LogP contribution in [0.1, 0.15) is 29.0 Å². The zero-order chi connectivity index (χ0) is 13.3. The molecule has 98 valence electrons. The van der Waals surface area contributed by atoms with Gasteiger partial charge in [0.05, 0.1) is 11.8 Å². The first-order valence-electron chi connectivity index (χ1n) is 6.25. The van der Waals surface area contributed by atoms with Crippen molar-refractivity contribution in [3.63, 3.8) is 0 Å². The van der Waals surface area contributed by atoms with Crippen LogP contribution in [0.3, 0.4) is 0 Å². The molecular formula is C15H15NO2S. The zero-order valence-corrected chi connectivity index (χ0v) is 11.5. The second-order valence-corrected chi connectivity index (χ2v) is 5.56. The van der Waals surface area contributed by atoms with Crippen molar-refractivity contribution in [3.8, 4) is 0 Å². The lowest BCUT2D eigenvalue weighted by atomic mass is 10.0. The lowest BCUT2D eigenvalue weighted by Gasteiger charge is -2.19. The number of carbonyl (C=O) groups is 1. The molecule has 0 radical (unpaired) electrons. The van der Waals surface area contributed by atoms with Crippen LogP contribution in [0, 0.1) is 0 Å². The lowest BCUT2D eigenvalue weighted by Crippen LogP contribution is -2.35. The summed E-state index contributed by atoms with van der Waals surface area (Å²) in [5.41, 5.74) is 1.01. The molecular weight excluding hydrogens is 258 g/mol. The van der Waals surface area contributed by atoms with E-state index >= 15 is 0 Å². The summed E-state index contributed by atoms with van der Waals surface area (Å²) in [6, 6.07) is 11.7. The molecule has 0 saturated heterocycles. The molecule has 1 aliphatic rings. The summed E-state index contributed by atoms with van der Waals surface area (Å²) in [5.74, 6) is 0.228. The van der Waals surface area contributed by atoms with E-state index < -0.39 is 0 Å². The van der Waals surface area contributed by atoms with Crippen LogP contribution in [0.5, 0.6) is 0 Å². The molecule has 1 heterocycles. The Morgan fingerprint density at radius 2 is 2.05 bits per heavy atom. The number of carbonyl (C=O) groups excluding carboxylic acids is 1. The Balaban J connectivity index is 1.86. The Bertz CT molecular complexity index is 588. The fourth-order valence-corrected chi connectivity index (χ4v) is 3.01. The largest absolute Gasteiger partial charge is 0.459 e. The molecule has 1 aromatic heterocycles. The van der Waals surface area contributed by atoms with Gasteiger partial charge >= 0.3 is 0 Å². The number of amides is 1. The molecule has 19 heavy (non-hydrogen) atoms. The fourth-order valence-electron chi connectivity index (χ4n) is 2.31. The zero-order valence-electron chi connectivity index (χ0n) is 10.7. The molecule has 2 aromatic rings. The molecule has 3 nitrogen and oxygen atoms in total. The normalized spacial score (nSPS) is 16.1. The molecule has 1 fully saturated rings. The van der Waals surface area contributed by atoms with Crippen molar-refractivity contribution < 1.29 is 9.21 Å². The van der Waals surface area contributed by atoms with Gasteiger partial charge in [0, 0.05) is 4.90 Å². The molecule has 1 N–H and O–H groups in total. The van der Waals surface area contributed by atoms with Crippen molar-refractivity contribution in [1.82, 2.24) is 5.32 Å². The fraction of sp³-hybridized carbons (Fsp3) is 0.267. The summed E-state index contributed by atoms with van der Waals surface area (Å²) in [5, 5.41) is 3.11. The van der Waals surface area contributed by atoms with E-state index in [4.69, 9.17) is 4.42 Å². The maximum Gasteiger partial charge on any atom is 0.287 e. The minimum Gasteiger partial charge on any atom is -0.459 e. The Morgan fingerprint density at radius 3 is 2.68 bits per heavy atom. The molecule has 4 heteroatoms. The highest BCUT2D eigenvalue weighted by molar-refractivity contribution is 7.98. The highest BCUT2D eigenvalue weighted by Gasteiger charge is 2.47. The molecule has 1 aliphatic carbocycles. The number of benzene rings is 1. The average Bonchev–Trinajstić information content (AvgIpc) is 3.01. The number of hydrogen-bond acceptors (Lipinski definition) is 3. The highest BCUT2D eigenvalue weighted by atomic mass is 32.2. The predicted molar refractivity (Wildman–Crippen MR) is 75.3 cm³/mol. The van der Waals surface area contributed by atoms with Crippen molar-refractivity contribution in [2.75, 3.05) is 6.26 Å². The maximum atomic E-state index is 12.1. The Morgan fingerprint density at radius 1 is 1.26 bits per heavy atom. The van der Waals surface area contributed by atoms with Gasteiger partial charge in [0.2, 0.25) is 0 Å². The minimum atomic E-state index is -0.205. The monoisotopic (exact) mass is 273 g/mol. The van der Waals surface area contributed by atoms with Crippen LogP contribution in [0.25, 0.3) is 0 Å². The van der Waals surface area contributed by atoms with Gasteiger partial charge in [-0.25, -0.2) is 0 Å². The smallest absolute Gasteiger partial charge is 0.287 e. The SMILES string of the molecule is CSc1ccccc1C1(NC(=O)c2ccco2)CC1. The van der Waals surface area contributed by atoms with Crippen LogP contribution in [0.15, 0.2) is 52.0 Å². The van der Waals surface area contributed by atoms with Crippen molar-refractivity contribution >= 4 is 17.7 Å². The van der Waals surface area contributed by atoms with E-state index in [9.17, 15) is 4.79 Å². The standard InChI is InChI=1S/C15H15NO2S/c1-19-13-7-3-2-5-11(13)15(8-9-15)16-14(17)12-6-4-10-18-12/h2-7,10H,8-9H2,1H3,(H,16,17). The van der Waals surface area contributed by atoms with Crippen molar-refractivity contribution in [3.05, 3.63) is 54.0 Å². The van der Waals surface area contributed by atoms with Crippen molar-refractivity contribution in [2.24, 2.45) is 0 Å². The number of nitrogens with one attached hydrogen (secondary N) is 1. The summed E-state index contributed by atoms with van der Waals surface area (Å²) in [7, 11) is 0. The second kappa shape index (κ2) is 4.78. The molecule has 3 rings (SSSR count). The molecule has 0 aliphatic heterocycles. The van der Waals surface area contributed by atoms with Crippen LogP contribution in [0.4, 0.5) is 0 Å². The maximum absolute atomic E-state index is 12.1. The quantitative estimate of drug-likeness (QED) is 0.868. The van der Waals surface area contributed by atoms with Gasteiger partial charge in [-0.15, -0.1) is 11.8 Å². The van der Waals surface area contributed by atoms with Gasteiger partial charge in [-0.05, 0) is 42.9 Å². The minimum absolute atomic E-state index is 0.140. The van der Waals surface area contributed by atoms with Crippen molar-refractivity contribution in [2.45, 2.75) is 23.3 Å². The first-order chi connectivity index (χ1) is 9.25. The number of rotatable bonds is 4. The van der Waals surface area contributed by atoms with Gasteiger partial charge in [0.1, 0.15) is 0 Å². The molecule has 1 saturated carbocycles. The third-order valence-electron chi connectivity index (χ3n) is 3.47. The topological polar surface area (TPSA) is 42.2 Å². The second-order valence-electron chi connectivity index (χ2n) is 4.71. The van der Waals surface area contributed by atoms with Gasteiger partial charge in [-0.1, -0.05) is 18.2 Å². The van der Waals surface area contributed by atoms with Crippen LogP contribution in [-0.4, -0.2) is 12.2 Å². The molecule has 1 aromatic carbocycles. The molecule has 0 atom stereocenters. The average molecular weight is 273 g/mol. The van der Waals surface area contributed by atoms with Gasteiger partial charge in [-0.3, -0.25) is 4.79 Å². The third kappa shape index (κ3) is 2.28. The first-order valence-corrected chi connectivity index (χ1v) is 7.47. The number of hydrogen-bond donors (Lipinski definition) is 1. The Labute approximate surface area is 116 Å². The summed E-state index contributed by atoms with van der Waals surface area (Å²) in [4.78, 5) is 13.3. The van der Waals surface area contributed by atoms with Crippen molar-refractivity contribution in [1.29, 1.82) is 0 Å². The van der Waals surface area contributed by atoms with Gasteiger partial charge < -0.3 is 9.73 Å². The predicted octanol–water partition coefficient (Wildman–Crippen LogP) is 3.42. The van der Waals surface area contributed by atoms with E-state index in [1.54, 1.807) is 23.9 Å². The number of thioether (sulfide) groups is 1. The molecule has 0 bridgehead atoms. The van der Waals surface area contributed by atoms with Gasteiger partial charge in [0.15, 0.2) is 5.76 Å². The summed E-state index contributed by atoms with van der Waals surface area (Å²) >= 11 is 1.71. The van der Waals surface area contributed by atoms with Crippen LogP contribution in [0.2, 0.25) is 0 Å². The summed E-state index contributed by atoms with van der Waals surface area (Å²) < 4.78 is 5.14. The van der Waals surface area contributed by atoms with E-state index in [0.29, 0.717) is 5.76 Å². The third-order valence-corrected chi connectivity index (χ3v) is 4.27. The van der Waals surface area contributed by atoms with Gasteiger partial charge in [0.25, 0.3) is 5.91 Å². The van der Waals surface area contributed by atoms with Crippen LogP contribution in [-0.2, 0) is 5.54 Å². The van der Waals surface area contributed by atoms with E-state index in [0.717, 1.165) is 12.8 Å². The van der Waals surface area contributed by atoms with Crippen LogP contribution >= 0.6 is 11.8 Å². The lowest BCUT2D eigenvalue weighted by molar-refractivity contribution is 0.0902. The molecule has 0 unspecified atom stereocenters. The molecule has 1 amide bonds.